The Balaban J connectivity index is 1.55. The van der Waals surface area contributed by atoms with Crippen molar-refractivity contribution in [3.05, 3.63) is 5.82 Å². The summed E-state index contributed by atoms with van der Waals surface area (Å²) in [4.78, 5) is 18.6. The van der Waals surface area contributed by atoms with Crippen molar-refractivity contribution in [2.24, 2.45) is 5.92 Å². The fourth-order valence-corrected chi connectivity index (χ4v) is 3.07. The number of anilines is 1. The lowest BCUT2D eigenvalue weighted by Gasteiger charge is -2.35. The summed E-state index contributed by atoms with van der Waals surface area (Å²) < 4.78 is 10.8. The molecule has 1 aromatic rings. The number of ether oxygens (including phenoxy) is 1. The number of carbonyl (C=O) groups is 1. The fraction of sp³-hybridized carbons (Fsp3) is 0.824. The maximum atomic E-state index is 12.0. The van der Waals surface area contributed by atoms with Crippen LogP contribution in [0.5, 0.6) is 0 Å². The normalized spacial score (nSPS) is 23.0. The van der Waals surface area contributed by atoms with Crippen LogP contribution in [0.2, 0.25) is 0 Å². The van der Waals surface area contributed by atoms with E-state index in [1.165, 1.54) is 12.8 Å². The third-order valence-corrected chi connectivity index (χ3v) is 4.55. The number of hydrogen-bond donors (Lipinski definition) is 1. The molecule has 1 saturated carbocycles. The SMILES string of the molecule is C[C@H](NC(=O)OC(C)(C)C)[C@@H]1CCCN(c2nc(C3CC3)no2)C1. The van der Waals surface area contributed by atoms with E-state index in [2.05, 4.69) is 20.4 Å². The Bertz CT molecular complexity index is 577. The van der Waals surface area contributed by atoms with Crippen LogP contribution in [0.1, 0.15) is 65.1 Å². The predicted octanol–water partition coefficient (Wildman–Crippen LogP) is 3.08. The van der Waals surface area contributed by atoms with Gasteiger partial charge in [0, 0.05) is 25.0 Å². The minimum absolute atomic E-state index is 0.0356. The number of rotatable bonds is 4. The lowest BCUT2D eigenvalue weighted by molar-refractivity contribution is 0.0488. The second-order valence-electron chi connectivity index (χ2n) is 7.99. The molecule has 0 bridgehead atoms. The number of alkyl carbamates (subject to hydrolysis) is 1. The van der Waals surface area contributed by atoms with E-state index in [0.717, 1.165) is 31.8 Å². The Morgan fingerprint density at radius 3 is 2.79 bits per heavy atom. The molecule has 0 unspecified atom stereocenters. The summed E-state index contributed by atoms with van der Waals surface area (Å²) in [6.45, 7) is 9.36. The van der Waals surface area contributed by atoms with Gasteiger partial charge < -0.3 is 19.5 Å². The molecule has 1 N–H and O–H groups in total. The first-order valence-electron chi connectivity index (χ1n) is 8.90. The number of amides is 1. The average Bonchev–Trinajstić information content (AvgIpc) is 3.23. The van der Waals surface area contributed by atoms with Gasteiger partial charge >= 0.3 is 12.1 Å². The molecule has 7 nitrogen and oxygen atoms in total. The van der Waals surface area contributed by atoms with Crippen LogP contribution < -0.4 is 10.2 Å². The monoisotopic (exact) mass is 336 g/mol. The molecule has 0 spiro atoms. The van der Waals surface area contributed by atoms with Crippen LogP contribution in [-0.4, -0.2) is 41.0 Å². The largest absolute Gasteiger partial charge is 0.444 e. The molecule has 0 radical (unpaired) electrons. The first-order chi connectivity index (χ1) is 11.3. The van der Waals surface area contributed by atoms with Gasteiger partial charge in [-0.15, -0.1) is 0 Å². The van der Waals surface area contributed by atoms with Crippen LogP contribution in [0.15, 0.2) is 4.52 Å². The minimum Gasteiger partial charge on any atom is -0.444 e. The van der Waals surface area contributed by atoms with E-state index in [4.69, 9.17) is 9.26 Å². The third-order valence-electron chi connectivity index (χ3n) is 4.55. The lowest BCUT2D eigenvalue weighted by Crippen LogP contribution is -2.47. The molecular formula is C17H28N4O3. The highest BCUT2D eigenvalue weighted by atomic mass is 16.6. The molecule has 1 aliphatic carbocycles. The highest BCUT2D eigenvalue weighted by Crippen LogP contribution is 2.39. The predicted molar refractivity (Wildman–Crippen MR) is 90.0 cm³/mol. The van der Waals surface area contributed by atoms with E-state index in [0.29, 0.717) is 17.9 Å². The van der Waals surface area contributed by atoms with Crippen molar-refractivity contribution in [1.82, 2.24) is 15.5 Å². The Kier molecular flexibility index (Phi) is 4.69. The van der Waals surface area contributed by atoms with Gasteiger partial charge in [0.05, 0.1) is 0 Å². The van der Waals surface area contributed by atoms with E-state index in [1.54, 1.807) is 0 Å². The van der Waals surface area contributed by atoms with Gasteiger partial charge in [-0.2, -0.15) is 4.98 Å². The van der Waals surface area contributed by atoms with Gasteiger partial charge in [-0.1, -0.05) is 5.16 Å². The lowest BCUT2D eigenvalue weighted by atomic mass is 9.92. The van der Waals surface area contributed by atoms with Crippen molar-refractivity contribution in [2.45, 2.75) is 70.9 Å². The molecule has 1 amide bonds. The first-order valence-corrected chi connectivity index (χ1v) is 8.90. The highest BCUT2D eigenvalue weighted by molar-refractivity contribution is 5.68. The second-order valence-corrected chi connectivity index (χ2v) is 7.99. The summed E-state index contributed by atoms with van der Waals surface area (Å²) in [5, 5.41) is 7.05. The second kappa shape index (κ2) is 6.61. The summed E-state index contributed by atoms with van der Waals surface area (Å²) >= 11 is 0. The summed E-state index contributed by atoms with van der Waals surface area (Å²) in [5.74, 6) is 1.67. The van der Waals surface area contributed by atoms with Crippen LogP contribution in [0.4, 0.5) is 10.8 Å². The number of carbonyl (C=O) groups excluding carboxylic acids is 1. The van der Waals surface area contributed by atoms with E-state index < -0.39 is 5.60 Å². The first kappa shape index (κ1) is 17.0. The number of piperidine rings is 1. The maximum Gasteiger partial charge on any atom is 0.407 e. The smallest absolute Gasteiger partial charge is 0.407 e. The Morgan fingerprint density at radius 1 is 1.38 bits per heavy atom. The van der Waals surface area contributed by atoms with Crippen LogP contribution >= 0.6 is 0 Å². The Morgan fingerprint density at radius 2 is 2.12 bits per heavy atom. The minimum atomic E-state index is -0.481. The molecule has 134 valence electrons. The number of aromatic nitrogens is 2. The average molecular weight is 336 g/mol. The van der Waals surface area contributed by atoms with Gasteiger partial charge in [-0.3, -0.25) is 0 Å². The summed E-state index contributed by atoms with van der Waals surface area (Å²) in [6, 6.07) is 0.652. The van der Waals surface area contributed by atoms with Crippen molar-refractivity contribution in [2.75, 3.05) is 18.0 Å². The fourth-order valence-electron chi connectivity index (χ4n) is 3.07. The molecule has 3 rings (SSSR count). The zero-order valence-electron chi connectivity index (χ0n) is 15.0. The molecule has 1 aliphatic heterocycles. The van der Waals surface area contributed by atoms with Gasteiger partial charge in [0.2, 0.25) is 0 Å². The van der Waals surface area contributed by atoms with Gasteiger partial charge in [-0.25, -0.2) is 4.79 Å². The van der Waals surface area contributed by atoms with Crippen molar-refractivity contribution in [1.29, 1.82) is 0 Å². The molecule has 1 aromatic heterocycles. The Labute approximate surface area is 143 Å². The van der Waals surface area contributed by atoms with Gasteiger partial charge in [0.25, 0.3) is 0 Å². The van der Waals surface area contributed by atoms with E-state index >= 15 is 0 Å². The molecule has 24 heavy (non-hydrogen) atoms. The van der Waals surface area contributed by atoms with Gasteiger partial charge in [0.15, 0.2) is 5.82 Å². The molecule has 2 heterocycles. The van der Waals surface area contributed by atoms with E-state index in [-0.39, 0.29) is 12.1 Å². The molecule has 2 aliphatic rings. The molecule has 7 heteroatoms. The third kappa shape index (κ3) is 4.39. The van der Waals surface area contributed by atoms with Crippen LogP contribution in [-0.2, 0) is 4.74 Å². The van der Waals surface area contributed by atoms with Crippen molar-refractivity contribution in [3.8, 4) is 0 Å². The topological polar surface area (TPSA) is 80.5 Å². The maximum absolute atomic E-state index is 12.0. The van der Waals surface area contributed by atoms with Crippen molar-refractivity contribution >= 4 is 12.1 Å². The van der Waals surface area contributed by atoms with Crippen molar-refractivity contribution < 1.29 is 14.1 Å². The summed E-state index contributed by atoms with van der Waals surface area (Å²) in [5.41, 5.74) is -0.481. The summed E-state index contributed by atoms with van der Waals surface area (Å²) in [7, 11) is 0. The molecule has 2 atom stereocenters. The molecule has 2 fully saturated rings. The van der Waals surface area contributed by atoms with Gasteiger partial charge in [0.1, 0.15) is 5.60 Å². The van der Waals surface area contributed by atoms with Crippen LogP contribution in [0.3, 0.4) is 0 Å². The highest BCUT2D eigenvalue weighted by Gasteiger charge is 2.32. The zero-order chi connectivity index (χ0) is 17.3. The van der Waals surface area contributed by atoms with Gasteiger partial charge in [-0.05, 0) is 59.3 Å². The Hall–Kier alpha value is -1.79. The number of nitrogens with zero attached hydrogens (tertiary/aromatic N) is 3. The number of hydrogen-bond acceptors (Lipinski definition) is 6. The molecule has 0 aromatic carbocycles. The summed E-state index contributed by atoms with van der Waals surface area (Å²) in [6.07, 6.45) is 4.08. The number of nitrogens with one attached hydrogen (secondary N) is 1. The molecular weight excluding hydrogens is 308 g/mol. The standard InChI is InChI=1S/C17H28N4O3/c1-11(18-16(22)23-17(2,3)4)13-6-5-9-21(10-13)15-19-14(20-24-15)12-7-8-12/h11-13H,5-10H2,1-4H3,(H,18,22)/t11-,13+/m0/s1. The van der Waals surface area contributed by atoms with Crippen LogP contribution in [0.25, 0.3) is 0 Å². The van der Waals surface area contributed by atoms with Crippen molar-refractivity contribution in [3.63, 3.8) is 0 Å². The van der Waals surface area contributed by atoms with Crippen LogP contribution in [0, 0.1) is 5.92 Å². The van der Waals surface area contributed by atoms with E-state index in [1.807, 2.05) is 27.7 Å². The van der Waals surface area contributed by atoms with E-state index in [9.17, 15) is 4.79 Å². The quantitative estimate of drug-likeness (QED) is 0.910. The zero-order valence-corrected chi connectivity index (χ0v) is 15.0. The molecule has 1 saturated heterocycles.